The number of fused-ring (bicyclic) bond motifs is 1. The van der Waals surface area contributed by atoms with E-state index < -0.39 is 0 Å². The molecule has 1 amide bonds. The average Bonchev–Trinajstić information content (AvgIpc) is 2.36. The van der Waals surface area contributed by atoms with Crippen molar-refractivity contribution in [2.24, 2.45) is 0 Å². The Morgan fingerprint density at radius 1 is 1.25 bits per heavy atom. The van der Waals surface area contributed by atoms with Crippen LogP contribution in [0.3, 0.4) is 0 Å². The van der Waals surface area contributed by atoms with E-state index in [1.165, 1.54) is 0 Å². The largest absolute Gasteiger partial charge is 0.496 e. The van der Waals surface area contributed by atoms with Gasteiger partial charge in [0.2, 0.25) is 6.41 Å². The monoisotopic (exact) mass is 219 g/mol. The van der Waals surface area contributed by atoms with Gasteiger partial charge in [0.05, 0.1) is 20.8 Å². The van der Waals surface area contributed by atoms with E-state index >= 15 is 0 Å². The molecule has 0 unspecified atom stereocenters. The minimum atomic E-state index is 0.510. The van der Waals surface area contributed by atoms with E-state index in [4.69, 9.17) is 9.47 Å². The Morgan fingerprint density at radius 2 is 1.94 bits per heavy atom. The second kappa shape index (κ2) is 4.26. The van der Waals surface area contributed by atoms with Crippen molar-refractivity contribution in [1.29, 1.82) is 0 Å². The SMILES string of the molecule is COc1ccc(OC)c2c1C=CN(C=O)C2. The van der Waals surface area contributed by atoms with Crippen LogP contribution in [0, 0.1) is 0 Å². The fourth-order valence-corrected chi connectivity index (χ4v) is 1.82. The Hall–Kier alpha value is -1.97. The molecule has 2 rings (SSSR count). The summed E-state index contributed by atoms with van der Waals surface area (Å²) in [5.41, 5.74) is 1.94. The third kappa shape index (κ3) is 1.62. The van der Waals surface area contributed by atoms with E-state index in [0.717, 1.165) is 29.0 Å². The van der Waals surface area contributed by atoms with Crippen molar-refractivity contribution < 1.29 is 14.3 Å². The molecular formula is C12H13NO3. The van der Waals surface area contributed by atoms with E-state index in [-0.39, 0.29) is 0 Å². The first-order valence-electron chi connectivity index (χ1n) is 4.93. The predicted octanol–water partition coefficient (Wildman–Crippen LogP) is 1.65. The number of hydrogen-bond acceptors (Lipinski definition) is 3. The number of methoxy groups -OCH3 is 2. The summed E-state index contributed by atoms with van der Waals surface area (Å²) in [6.07, 6.45) is 4.38. The Kier molecular flexibility index (Phi) is 2.81. The summed E-state index contributed by atoms with van der Waals surface area (Å²) in [6.45, 7) is 0.510. The quantitative estimate of drug-likeness (QED) is 0.725. The van der Waals surface area contributed by atoms with E-state index in [2.05, 4.69) is 0 Å². The second-order valence-corrected chi connectivity index (χ2v) is 3.46. The van der Waals surface area contributed by atoms with Gasteiger partial charge in [-0.2, -0.15) is 0 Å². The Bertz CT molecular complexity index is 440. The molecule has 0 saturated heterocycles. The molecule has 0 aromatic heterocycles. The molecule has 0 bridgehead atoms. The van der Waals surface area contributed by atoms with Crippen molar-refractivity contribution in [2.75, 3.05) is 14.2 Å². The zero-order valence-electron chi connectivity index (χ0n) is 9.27. The van der Waals surface area contributed by atoms with E-state index in [0.29, 0.717) is 6.54 Å². The average molecular weight is 219 g/mol. The van der Waals surface area contributed by atoms with Gasteiger partial charge in [0.25, 0.3) is 0 Å². The molecule has 1 aliphatic rings. The van der Waals surface area contributed by atoms with Crippen LogP contribution >= 0.6 is 0 Å². The molecule has 4 heteroatoms. The lowest BCUT2D eigenvalue weighted by Gasteiger charge is -2.22. The zero-order chi connectivity index (χ0) is 11.5. The Morgan fingerprint density at radius 3 is 2.56 bits per heavy atom. The maximum absolute atomic E-state index is 10.7. The molecule has 0 spiro atoms. The number of amides is 1. The third-order valence-corrected chi connectivity index (χ3v) is 2.62. The maximum Gasteiger partial charge on any atom is 0.213 e. The highest BCUT2D eigenvalue weighted by molar-refractivity contribution is 5.69. The highest BCUT2D eigenvalue weighted by atomic mass is 16.5. The van der Waals surface area contributed by atoms with Crippen LogP contribution in [0.4, 0.5) is 0 Å². The standard InChI is InChI=1S/C12H13NO3/c1-15-11-3-4-12(16-2)10-7-13(8-14)6-5-9(10)11/h3-6,8H,7H2,1-2H3. The van der Waals surface area contributed by atoms with Gasteiger partial charge in [-0.05, 0) is 18.2 Å². The minimum Gasteiger partial charge on any atom is -0.496 e. The van der Waals surface area contributed by atoms with Gasteiger partial charge < -0.3 is 14.4 Å². The lowest BCUT2D eigenvalue weighted by Crippen LogP contribution is -2.18. The van der Waals surface area contributed by atoms with Gasteiger partial charge in [-0.1, -0.05) is 0 Å². The van der Waals surface area contributed by atoms with Crippen molar-refractivity contribution in [3.05, 3.63) is 29.5 Å². The molecule has 0 radical (unpaired) electrons. The van der Waals surface area contributed by atoms with Gasteiger partial charge >= 0.3 is 0 Å². The van der Waals surface area contributed by atoms with Gasteiger partial charge in [-0.15, -0.1) is 0 Å². The van der Waals surface area contributed by atoms with Crippen molar-refractivity contribution in [2.45, 2.75) is 6.54 Å². The molecule has 0 atom stereocenters. The van der Waals surface area contributed by atoms with Crippen LogP contribution in [0.2, 0.25) is 0 Å². The Balaban J connectivity index is 2.53. The smallest absolute Gasteiger partial charge is 0.213 e. The molecule has 1 aliphatic heterocycles. The van der Waals surface area contributed by atoms with Crippen LogP contribution in [0.15, 0.2) is 18.3 Å². The van der Waals surface area contributed by atoms with E-state index in [1.54, 1.807) is 25.3 Å². The predicted molar refractivity (Wildman–Crippen MR) is 60.2 cm³/mol. The minimum absolute atomic E-state index is 0.510. The summed E-state index contributed by atoms with van der Waals surface area (Å²) in [5, 5.41) is 0. The number of rotatable bonds is 3. The van der Waals surface area contributed by atoms with Gasteiger partial charge in [0.15, 0.2) is 0 Å². The van der Waals surface area contributed by atoms with Crippen LogP contribution in [0.5, 0.6) is 11.5 Å². The van der Waals surface area contributed by atoms with E-state index in [9.17, 15) is 4.79 Å². The number of ether oxygens (including phenoxy) is 2. The van der Waals surface area contributed by atoms with Gasteiger partial charge in [-0.3, -0.25) is 4.79 Å². The summed E-state index contributed by atoms with van der Waals surface area (Å²) in [4.78, 5) is 12.3. The summed E-state index contributed by atoms with van der Waals surface area (Å²) in [7, 11) is 3.24. The first-order valence-corrected chi connectivity index (χ1v) is 4.93. The topological polar surface area (TPSA) is 38.8 Å². The van der Waals surface area contributed by atoms with Gasteiger partial charge in [0, 0.05) is 17.3 Å². The number of nitrogens with zero attached hydrogens (tertiary/aromatic N) is 1. The number of carbonyl (C=O) groups is 1. The molecule has 16 heavy (non-hydrogen) atoms. The molecule has 0 saturated carbocycles. The summed E-state index contributed by atoms with van der Waals surface area (Å²) >= 11 is 0. The van der Waals surface area contributed by atoms with Crippen LogP contribution in [-0.4, -0.2) is 25.5 Å². The number of hydrogen-bond donors (Lipinski definition) is 0. The fourth-order valence-electron chi connectivity index (χ4n) is 1.82. The summed E-state index contributed by atoms with van der Waals surface area (Å²) in [6, 6.07) is 3.71. The molecule has 1 heterocycles. The fraction of sp³-hybridized carbons (Fsp3) is 0.250. The van der Waals surface area contributed by atoms with Crippen molar-refractivity contribution in [1.82, 2.24) is 4.90 Å². The van der Waals surface area contributed by atoms with Gasteiger partial charge in [-0.25, -0.2) is 0 Å². The van der Waals surface area contributed by atoms with Crippen molar-refractivity contribution in [3.8, 4) is 11.5 Å². The number of benzene rings is 1. The van der Waals surface area contributed by atoms with Crippen LogP contribution in [0.25, 0.3) is 6.08 Å². The number of carbonyl (C=O) groups excluding carboxylic acids is 1. The normalized spacial score (nSPS) is 13.2. The van der Waals surface area contributed by atoms with Gasteiger partial charge in [0.1, 0.15) is 11.5 Å². The molecular weight excluding hydrogens is 206 g/mol. The Labute approximate surface area is 94.1 Å². The van der Waals surface area contributed by atoms with Crippen LogP contribution < -0.4 is 9.47 Å². The lowest BCUT2D eigenvalue weighted by atomic mass is 10.0. The van der Waals surface area contributed by atoms with Crippen molar-refractivity contribution in [3.63, 3.8) is 0 Å². The summed E-state index contributed by atoms with van der Waals surface area (Å²) in [5.74, 6) is 1.56. The molecule has 1 aromatic rings. The van der Waals surface area contributed by atoms with Crippen LogP contribution in [-0.2, 0) is 11.3 Å². The summed E-state index contributed by atoms with van der Waals surface area (Å²) < 4.78 is 10.5. The third-order valence-electron chi connectivity index (χ3n) is 2.62. The molecule has 0 aliphatic carbocycles. The highest BCUT2D eigenvalue weighted by Crippen LogP contribution is 2.34. The maximum atomic E-state index is 10.7. The molecule has 4 nitrogen and oxygen atoms in total. The first kappa shape index (κ1) is 10.5. The van der Waals surface area contributed by atoms with Crippen molar-refractivity contribution >= 4 is 12.5 Å². The molecule has 0 N–H and O–H groups in total. The van der Waals surface area contributed by atoms with Crippen LogP contribution in [0.1, 0.15) is 11.1 Å². The molecule has 0 fully saturated rings. The van der Waals surface area contributed by atoms with E-state index in [1.807, 2.05) is 18.2 Å². The molecule has 1 aromatic carbocycles. The first-order chi connectivity index (χ1) is 7.80. The lowest BCUT2D eigenvalue weighted by molar-refractivity contribution is -0.116. The second-order valence-electron chi connectivity index (χ2n) is 3.46. The molecule has 84 valence electrons. The zero-order valence-corrected chi connectivity index (χ0v) is 9.27. The highest BCUT2D eigenvalue weighted by Gasteiger charge is 2.18.